The van der Waals surface area contributed by atoms with Gasteiger partial charge in [-0.25, -0.2) is 0 Å². The molecule has 2 rings (SSSR count). The Morgan fingerprint density at radius 2 is 1.70 bits per heavy atom. The van der Waals surface area contributed by atoms with Crippen LogP contribution >= 0.6 is 0 Å². The van der Waals surface area contributed by atoms with Gasteiger partial charge in [0.25, 0.3) is 0 Å². The van der Waals surface area contributed by atoms with E-state index in [0.29, 0.717) is 18.0 Å². The van der Waals surface area contributed by atoms with Crippen molar-refractivity contribution in [3.8, 4) is 11.5 Å². The lowest BCUT2D eigenvalue weighted by Crippen LogP contribution is -2.24. The van der Waals surface area contributed by atoms with Crippen LogP contribution in [0.15, 0.2) is 54.6 Å². The number of methoxy groups -OCH3 is 2. The standard InChI is InChI=1S/C22H28N2O3/c1-24(19-9-5-4-6-10-19)14-8-7-13-23-22(25)12-11-18-15-20(26-2)17-21(16-18)27-3/h4-6,9-12,15-17H,7-8,13-14H2,1-3H3,(H,23,25)/b12-11+. The Morgan fingerprint density at radius 3 is 2.33 bits per heavy atom. The summed E-state index contributed by atoms with van der Waals surface area (Å²) >= 11 is 0. The average molecular weight is 368 g/mol. The molecule has 0 radical (unpaired) electrons. The summed E-state index contributed by atoms with van der Waals surface area (Å²) in [5.41, 5.74) is 2.06. The fourth-order valence-corrected chi connectivity index (χ4v) is 2.65. The van der Waals surface area contributed by atoms with Gasteiger partial charge in [0.2, 0.25) is 5.91 Å². The third kappa shape index (κ3) is 7.05. The van der Waals surface area contributed by atoms with Crippen LogP contribution in [0.4, 0.5) is 5.69 Å². The van der Waals surface area contributed by atoms with E-state index >= 15 is 0 Å². The number of anilines is 1. The van der Waals surface area contributed by atoms with Gasteiger partial charge in [0.1, 0.15) is 11.5 Å². The molecule has 5 nitrogen and oxygen atoms in total. The highest BCUT2D eigenvalue weighted by atomic mass is 16.5. The van der Waals surface area contributed by atoms with Crippen molar-refractivity contribution in [2.24, 2.45) is 0 Å². The Kier molecular flexibility index (Phi) is 8.23. The number of ether oxygens (including phenoxy) is 2. The largest absolute Gasteiger partial charge is 0.497 e. The van der Waals surface area contributed by atoms with Crippen LogP contribution in [0.2, 0.25) is 0 Å². The molecule has 0 unspecified atom stereocenters. The molecule has 0 aliphatic heterocycles. The number of nitrogens with zero attached hydrogens (tertiary/aromatic N) is 1. The first-order valence-corrected chi connectivity index (χ1v) is 9.07. The fraction of sp³-hybridized carbons (Fsp3) is 0.318. The van der Waals surface area contributed by atoms with Gasteiger partial charge in [-0.15, -0.1) is 0 Å². The molecule has 0 aliphatic carbocycles. The highest BCUT2D eigenvalue weighted by Gasteiger charge is 2.02. The van der Waals surface area contributed by atoms with Gasteiger partial charge in [0.15, 0.2) is 0 Å². The first-order chi connectivity index (χ1) is 13.1. The highest BCUT2D eigenvalue weighted by molar-refractivity contribution is 5.91. The van der Waals surface area contributed by atoms with Crippen molar-refractivity contribution in [2.75, 3.05) is 39.3 Å². The Bertz CT molecular complexity index is 722. The maximum absolute atomic E-state index is 12.0. The van der Waals surface area contributed by atoms with Gasteiger partial charge < -0.3 is 19.7 Å². The monoisotopic (exact) mass is 368 g/mol. The van der Waals surface area contributed by atoms with Gasteiger partial charge in [0, 0.05) is 38.0 Å². The van der Waals surface area contributed by atoms with Crippen molar-refractivity contribution in [3.05, 3.63) is 60.2 Å². The molecule has 0 aliphatic rings. The van der Waals surface area contributed by atoms with E-state index in [1.165, 1.54) is 11.8 Å². The van der Waals surface area contributed by atoms with Crippen LogP contribution in [0.25, 0.3) is 6.08 Å². The third-order valence-electron chi connectivity index (χ3n) is 4.22. The molecule has 0 fully saturated rings. The summed E-state index contributed by atoms with van der Waals surface area (Å²) in [6.45, 7) is 1.62. The predicted octanol–water partition coefficient (Wildman–Crippen LogP) is 3.75. The van der Waals surface area contributed by atoms with E-state index in [1.807, 2.05) is 30.3 Å². The van der Waals surface area contributed by atoms with E-state index in [2.05, 4.69) is 29.4 Å². The fourth-order valence-electron chi connectivity index (χ4n) is 2.65. The molecule has 1 amide bonds. The number of hydrogen-bond acceptors (Lipinski definition) is 4. The van der Waals surface area contributed by atoms with Crippen molar-refractivity contribution >= 4 is 17.7 Å². The van der Waals surface area contributed by atoms with E-state index in [0.717, 1.165) is 24.9 Å². The van der Waals surface area contributed by atoms with E-state index in [4.69, 9.17) is 9.47 Å². The lowest BCUT2D eigenvalue weighted by Gasteiger charge is -2.18. The first-order valence-electron chi connectivity index (χ1n) is 9.07. The molecule has 1 N–H and O–H groups in total. The molecule has 5 heteroatoms. The Labute approximate surface area is 161 Å². The van der Waals surface area contributed by atoms with Crippen LogP contribution in [-0.4, -0.2) is 40.3 Å². The number of para-hydroxylation sites is 1. The summed E-state index contributed by atoms with van der Waals surface area (Å²) in [7, 11) is 5.29. The summed E-state index contributed by atoms with van der Waals surface area (Å²) in [4.78, 5) is 14.2. The second-order valence-corrected chi connectivity index (χ2v) is 6.23. The molecular formula is C22H28N2O3. The number of carbonyl (C=O) groups is 1. The number of hydrogen-bond donors (Lipinski definition) is 1. The predicted molar refractivity (Wildman–Crippen MR) is 111 cm³/mol. The summed E-state index contributed by atoms with van der Waals surface area (Å²) in [5, 5.41) is 2.92. The van der Waals surface area contributed by atoms with Crippen molar-refractivity contribution < 1.29 is 14.3 Å². The number of unbranched alkanes of at least 4 members (excludes halogenated alkanes) is 1. The molecule has 0 aromatic heterocycles. The summed E-state index contributed by atoms with van der Waals surface area (Å²) in [6.07, 6.45) is 5.24. The molecule has 144 valence electrons. The normalized spacial score (nSPS) is 10.6. The zero-order valence-corrected chi connectivity index (χ0v) is 16.3. The second kappa shape index (κ2) is 10.9. The molecule has 2 aromatic rings. The number of rotatable bonds is 10. The zero-order valence-electron chi connectivity index (χ0n) is 16.3. The minimum atomic E-state index is -0.104. The van der Waals surface area contributed by atoms with Gasteiger partial charge in [-0.1, -0.05) is 18.2 Å². The quantitative estimate of drug-likeness (QED) is 0.513. The van der Waals surface area contributed by atoms with Crippen molar-refractivity contribution in [2.45, 2.75) is 12.8 Å². The van der Waals surface area contributed by atoms with E-state index < -0.39 is 0 Å². The maximum Gasteiger partial charge on any atom is 0.243 e. The van der Waals surface area contributed by atoms with E-state index in [1.54, 1.807) is 26.4 Å². The number of nitrogens with one attached hydrogen (secondary N) is 1. The maximum atomic E-state index is 12.0. The third-order valence-corrected chi connectivity index (χ3v) is 4.22. The van der Waals surface area contributed by atoms with Crippen LogP contribution < -0.4 is 19.7 Å². The Hall–Kier alpha value is -2.95. The SMILES string of the molecule is COc1cc(/C=C/C(=O)NCCCCN(C)c2ccccc2)cc(OC)c1. The van der Waals surface area contributed by atoms with Gasteiger partial charge in [-0.3, -0.25) is 4.79 Å². The molecule has 27 heavy (non-hydrogen) atoms. The summed E-state index contributed by atoms with van der Waals surface area (Å²) in [5.74, 6) is 1.28. The van der Waals surface area contributed by atoms with Crippen LogP contribution in [0.5, 0.6) is 11.5 Å². The lowest BCUT2D eigenvalue weighted by atomic mass is 10.2. The highest BCUT2D eigenvalue weighted by Crippen LogP contribution is 2.23. The molecule has 0 spiro atoms. The van der Waals surface area contributed by atoms with Crippen LogP contribution in [0.3, 0.4) is 0 Å². The summed E-state index contributed by atoms with van der Waals surface area (Å²) in [6, 6.07) is 15.8. The van der Waals surface area contributed by atoms with E-state index in [-0.39, 0.29) is 5.91 Å². The topological polar surface area (TPSA) is 50.8 Å². The molecular weight excluding hydrogens is 340 g/mol. The van der Waals surface area contributed by atoms with Gasteiger partial charge >= 0.3 is 0 Å². The molecule has 0 saturated heterocycles. The number of amides is 1. The smallest absolute Gasteiger partial charge is 0.243 e. The second-order valence-electron chi connectivity index (χ2n) is 6.23. The van der Waals surface area contributed by atoms with Crippen molar-refractivity contribution in [1.82, 2.24) is 5.32 Å². The molecule has 0 heterocycles. The average Bonchev–Trinajstić information content (AvgIpc) is 2.72. The van der Waals surface area contributed by atoms with Gasteiger partial charge in [-0.05, 0) is 48.7 Å². The minimum Gasteiger partial charge on any atom is -0.497 e. The van der Waals surface area contributed by atoms with Gasteiger partial charge in [-0.2, -0.15) is 0 Å². The molecule has 0 saturated carbocycles. The van der Waals surface area contributed by atoms with Crippen molar-refractivity contribution in [1.29, 1.82) is 0 Å². The molecule has 0 atom stereocenters. The number of benzene rings is 2. The van der Waals surface area contributed by atoms with Gasteiger partial charge in [0.05, 0.1) is 14.2 Å². The van der Waals surface area contributed by atoms with Crippen LogP contribution in [0.1, 0.15) is 18.4 Å². The first kappa shape index (κ1) is 20.4. The number of carbonyl (C=O) groups excluding carboxylic acids is 1. The Morgan fingerprint density at radius 1 is 1.04 bits per heavy atom. The summed E-state index contributed by atoms with van der Waals surface area (Å²) < 4.78 is 10.5. The molecule has 2 aromatic carbocycles. The van der Waals surface area contributed by atoms with Crippen LogP contribution in [0, 0.1) is 0 Å². The lowest BCUT2D eigenvalue weighted by molar-refractivity contribution is -0.116. The van der Waals surface area contributed by atoms with Crippen LogP contribution in [-0.2, 0) is 4.79 Å². The zero-order chi connectivity index (χ0) is 19.5. The Balaban J connectivity index is 1.71. The molecule has 0 bridgehead atoms. The van der Waals surface area contributed by atoms with Crippen molar-refractivity contribution in [3.63, 3.8) is 0 Å². The minimum absolute atomic E-state index is 0.104. The van der Waals surface area contributed by atoms with E-state index in [9.17, 15) is 4.79 Å².